The topological polar surface area (TPSA) is 58.4 Å². The van der Waals surface area contributed by atoms with Gasteiger partial charge >= 0.3 is 0 Å². The molecule has 1 amide bonds. The molecular formula is C16H24FN3O. The summed E-state index contributed by atoms with van der Waals surface area (Å²) in [6.07, 6.45) is 2.92. The van der Waals surface area contributed by atoms with Gasteiger partial charge in [-0.05, 0) is 37.0 Å². The number of carbonyl (C=O) groups is 1. The van der Waals surface area contributed by atoms with E-state index >= 15 is 0 Å². The van der Waals surface area contributed by atoms with Gasteiger partial charge in [0, 0.05) is 31.2 Å². The van der Waals surface area contributed by atoms with E-state index in [0.29, 0.717) is 24.1 Å². The van der Waals surface area contributed by atoms with E-state index in [1.807, 2.05) is 0 Å². The van der Waals surface area contributed by atoms with Crippen LogP contribution in [0.15, 0.2) is 18.2 Å². The van der Waals surface area contributed by atoms with Crippen molar-refractivity contribution < 1.29 is 9.18 Å². The number of nitrogens with zero attached hydrogens (tertiary/aromatic N) is 1. The molecule has 0 atom stereocenters. The van der Waals surface area contributed by atoms with Crippen molar-refractivity contribution in [1.29, 1.82) is 0 Å². The molecular weight excluding hydrogens is 269 g/mol. The number of amides is 1. The third kappa shape index (κ3) is 5.01. The number of nitrogen functional groups attached to an aromatic ring is 1. The highest BCUT2D eigenvalue weighted by Gasteiger charge is 2.29. The predicted molar refractivity (Wildman–Crippen MR) is 83.5 cm³/mol. The molecule has 1 saturated carbocycles. The van der Waals surface area contributed by atoms with E-state index in [4.69, 9.17) is 5.73 Å². The van der Waals surface area contributed by atoms with Crippen LogP contribution in [-0.4, -0.2) is 29.9 Å². The number of nitrogens with two attached hydrogens (primary N) is 1. The quantitative estimate of drug-likeness (QED) is 0.760. The molecule has 1 aliphatic carbocycles. The van der Waals surface area contributed by atoms with Crippen LogP contribution in [0.4, 0.5) is 15.8 Å². The first-order chi connectivity index (χ1) is 9.95. The minimum absolute atomic E-state index is 0.0483. The normalized spacial score (nSPS) is 14.7. The molecule has 4 nitrogen and oxygen atoms in total. The number of anilines is 2. The van der Waals surface area contributed by atoms with Crippen LogP contribution in [0.5, 0.6) is 0 Å². The van der Waals surface area contributed by atoms with E-state index in [9.17, 15) is 9.18 Å². The Bertz CT molecular complexity index is 500. The minimum atomic E-state index is -0.468. The molecule has 1 aliphatic rings. The zero-order valence-electron chi connectivity index (χ0n) is 12.7. The number of halogens is 1. The molecule has 0 spiro atoms. The lowest BCUT2D eigenvalue weighted by Gasteiger charge is -2.23. The Morgan fingerprint density at radius 1 is 1.48 bits per heavy atom. The van der Waals surface area contributed by atoms with Gasteiger partial charge in [-0.3, -0.25) is 9.69 Å². The average Bonchev–Trinajstić information content (AvgIpc) is 3.23. The van der Waals surface area contributed by atoms with Gasteiger partial charge in [0.05, 0.1) is 5.69 Å². The molecule has 0 aromatic heterocycles. The Morgan fingerprint density at radius 2 is 2.19 bits per heavy atom. The molecule has 3 N–H and O–H groups in total. The van der Waals surface area contributed by atoms with Crippen LogP contribution in [0.1, 0.15) is 33.1 Å². The lowest BCUT2D eigenvalue weighted by molar-refractivity contribution is -0.116. The number of hydrogen-bond donors (Lipinski definition) is 2. The van der Waals surface area contributed by atoms with Crippen LogP contribution in [0.3, 0.4) is 0 Å². The second-order valence-corrected chi connectivity index (χ2v) is 6.15. The van der Waals surface area contributed by atoms with E-state index < -0.39 is 5.82 Å². The van der Waals surface area contributed by atoms with E-state index in [-0.39, 0.29) is 11.6 Å². The summed E-state index contributed by atoms with van der Waals surface area (Å²) in [4.78, 5) is 14.4. The highest BCUT2D eigenvalue weighted by atomic mass is 19.1. The van der Waals surface area contributed by atoms with Gasteiger partial charge < -0.3 is 11.1 Å². The lowest BCUT2D eigenvalue weighted by Crippen LogP contribution is -2.33. The Balaban J connectivity index is 1.81. The molecule has 116 valence electrons. The molecule has 1 fully saturated rings. The van der Waals surface area contributed by atoms with Crippen LogP contribution < -0.4 is 11.1 Å². The Labute approximate surface area is 125 Å². The fraction of sp³-hybridized carbons (Fsp3) is 0.562. The van der Waals surface area contributed by atoms with Crippen LogP contribution in [0.25, 0.3) is 0 Å². The van der Waals surface area contributed by atoms with Crippen LogP contribution in [0, 0.1) is 11.7 Å². The third-order valence-electron chi connectivity index (χ3n) is 3.57. The summed E-state index contributed by atoms with van der Waals surface area (Å²) in [7, 11) is 0. The standard InChI is InChI=1S/C16H24FN3O/c1-11(2)10-20(13-4-5-13)8-7-16(21)19-12-3-6-14(17)15(18)9-12/h3,6,9,11,13H,4-5,7-8,10,18H2,1-2H3,(H,19,21). The van der Waals surface area contributed by atoms with Crippen molar-refractivity contribution in [2.45, 2.75) is 39.2 Å². The van der Waals surface area contributed by atoms with Gasteiger partial charge in [-0.2, -0.15) is 0 Å². The number of rotatable bonds is 7. The molecule has 21 heavy (non-hydrogen) atoms. The van der Waals surface area contributed by atoms with Crippen LogP contribution in [0.2, 0.25) is 0 Å². The highest BCUT2D eigenvalue weighted by molar-refractivity contribution is 5.91. The number of nitrogens with one attached hydrogen (secondary N) is 1. The van der Waals surface area contributed by atoms with Gasteiger partial charge in [0.1, 0.15) is 5.82 Å². The Hall–Kier alpha value is -1.62. The fourth-order valence-electron chi connectivity index (χ4n) is 2.42. The van der Waals surface area contributed by atoms with Crippen molar-refractivity contribution in [3.63, 3.8) is 0 Å². The summed E-state index contributed by atoms with van der Waals surface area (Å²) >= 11 is 0. The molecule has 0 bridgehead atoms. The summed E-state index contributed by atoms with van der Waals surface area (Å²) in [5, 5.41) is 2.77. The zero-order valence-corrected chi connectivity index (χ0v) is 12.7. The van der Waals surface area contributed by atoms with Gasteiger partial charge in [0.2, 0.25) is 5.91 Å². The molecule has 1 aromatic carbocycles. The molecule has 1 aromatic rings. The smallest absolute Gasteiger partial charge is 0.225 e. The Kier molecular flexibility index (Phi) is 5.17. The van der Waals surface area contributed by atoms with E-state index in [0.717, 1.165) is 13.1 Å². The summed E-state index contributed by atoms with van der Waals surface area (Å²) in [6, 6.07) is 4.89. The molecule has 2 rings (SSSR count). The molecule has 0 saturated heterocycles. The maximum Gasteiger partial charge on any atom is 0.225 e. The summed E-state index contributed by atoms with van der Waals surface area (Å²) in [6.45, 7) is 6.18. The number of carbonyl (C=O) groups excluding carboxylic acids is 1. The van der Waals surface area contributed by atoms with Crippen LogP contribution in [-0.2, 0) is 4.79 Å². The van der Waals surface area contributed by atoms with Gasteiger partial charge in [0.25, 0.3) is 0 Å². The van der Waals surface area contributed by atoms with Gasteiger partial charge in [-0.25, -0.2) is 4.39 Å². The first kappa shape index (κ1) is 15.8. The molecule has 5 heteroatoms. The van der Waals surface area contributed by atoms with Crippen molar-refractivity contribution >= 4 is 17.3 Å². The zero-order chi connectivity index (χ0) is 15.4. The summed E-state index contributed by atoms with van der Waals surface area (Å²) < 4.78 is 13.1. The molecule has 0 aliphatic heterocycles. The first-order valence-corrected chi connectivity index (χ1v) is 7.54. The fourth-order valence-corrected chi connectivity index (χ4v) is 2.42. The first-order valence-electron chi connectivity index (χ1n) is 7.54. The third-order valence-corrected chi connectivity index (χ3v) is 3.57. The van der Waals surface area contributed by atoms with E-state index in [2.05, 4.69) is 24.1 Å². The monoisotopic (exact) mass is 293 g/mol. The van der Waals surface area contributed by atoms with Gasteiger partial charge in [0.15, 0.2) is 0 Å². The van der Waals surface area contributed by atoms with Crippen molar-refractivity contribution in [3.8, 4) is 0 Å². The average molecular weight is 293 g/mol. The van der Waals surface area contributed by atoms with Crippen molar-refractivity contribution in [1.82, 2.24) is 4.90 Å². The second-order valence-electron chi connectivity index (χ2n) is 6.15. The number of benzene rings is 1. The number of hydrogen-bond acceptors (Lipinski definition) is 3. The van der Waals surface area contributed by atoms with Crippen molar-refractivity contribution in [2.75, 3.05) is 24.1 Å². The lowest BCUT2D eigenvalue weighted by atomic mass is 10.2. The van der Waals surface area contributed by atoms with Gasteiger partial charge in [-0.15, -0.1) is 0 Å². The highest BCUT2D eigenvalue weighted by Crippen LogP contribution is 2.27. The van der Waals surface area contributed by atoms with E-state index in [1.54, 1.807) is 0 Å². The minimum Gasteiger partial charge on any atom is -0.396 e. The summed E-state index contributed by atoms with van der Waals surface area (Å²) in [5.74, 6) is 0.0748. The maximum absolute atomic E-state index is 13.1. The van der Waals surface area contributed by atoms with Crippen LogP contribution >= 0.6 is 0 Å². The predicted octanol–water partition coefficient (Wildman–Crippen LogP) is 2.86. The summed E-state index contributed by atoms with van der Waals surface area (Å²) in [5.41, 5.74) is 6.08. The molecule has 0 unspecified atom stereocenters. The van der Waals surface area contributed by atoms with E-state index in [1.165, 1.54) is 31.0 Å². The van der Waals surface area contributed by atoms with Crippen molar-refractivity contribution in [3.05, 3.63) is 24.0 Å². The second kappa shape index (κ2) is 6.89. The maximum atomic E-state index is 13.1. The Morgan fingerprint density at radius 3 is 2.76 bits per heavy atom. The SMILES string of the molecule is CC(C)CN(CCC(=O)Nc1ccc(F)c(N)c1)C1CC1. The molecule has 0 radical (unpaired) electrons. The van der Waals surface area contributed by atoms with Crippen molar-refractivity contribution in [2.24, 2.45) is 5.92 Å². The molecule has 0 heterocycles. The van der Waals surface area contributed by atoms with Gasteiger partial charge in [-0.1, -0.05) is 13.8 Å². The largest absolute Gasteiger partial charge is 0.396 e.